The van der Waals surface area contributed by atoms with Crippen molar-refractivity contribution < 1.29 is 13.2 Å². The van der Waals surface area contributed by atoms with Gasteiger partial charge >= 0.3 is 0 Å². The number of nitrogens with one attached hydrogen (secondary N) is 1. The van der Waals surface area contributed by atoms with Gasteiger partial charge in [-0.15, -0.1) is 0 Å². The smallest absolute Gasteiger partial charge is 0.264 e. The van der Waals surface area contributed by atoms with Crippen molar-refractivity contribution in [3.8, 4) is 0 Å². The number of nitrogens with zero attached hydrogens (tertiary/aromatic N) is 1. The highest BCUT2D eigenvalue weighted by Crippen LogP contribution is 2.30. The Morgan fingerprint density at radius 2 is 1.74 bits per heavy atom. The lowest BCUT2D eigenvalue weighted by molar-refractivity contribution is -0.120. The number of halogens is 1. The fourth-order valence-corrected chi connectivity index (χ4v) is 5.76. The highest BCUT2D eigenvalue weighted by molar-refractivity contribution is 9.10. The Labute approximate surface area is 191 Å². The zero-order chi connectivity index (χ0) is 21.8. The minimum absolute atomic E-state index is 0.110. The van der Waals surface area contributed by atoms with E-state index in [9.17, 15) is 13.2 Å². The van der Waals surface area contributed by atoms with Crippen LogP contribution in [0.25, 0.3) is 0 Å². The molecule has 0 bridgehead atoms. The van der Waals surface area contributed by atoms with Gasteiger partial charge in [0.15, 0.2) is 0 Å². The van der Waals surface area contributed by atoms with Gasteiger partial charge in [-0.3, -0.25) is 9.10 Å². The Balaban J connectivity index is 1.62. The van der Waals surface area contributed by atoms with Gasteiger partial charge in [-0.1, -0.05) is 64.5 Å². The van der Waals surface area contributed by atoms with E-state index in [4.69, 9.17) is 0 Å². The molecular formula is C24H23BrN2O3S. The van der Waals surface area contributed by atoms with E-state index in [2.05, 4.69) is 27.3 Å². The summed E-state index contributed by atoms with van der Waals surface area (Å²) in [7, 11) is -3.92. The summed E-state index contributed by atoms with van der Waals surface area (Å²) in [6.07, 6.45) is 2.82. The van der Waals surface area contributed by atoms with E-state index in [1.165, 1.54) is 17.7 Å². The number of carbonyl (C=O) groups is 1. The standard InChI is InChI=1S/C24H23BrN2O3S/c25-19-10-7-11-20(16-19)27(31(29,30)21-12-2-1-3-13-21)17-24(28)26-23-15-6-9-18-8-4-5-14-22(18)23/h1-5,7-8,10-14,16,23H,6,9,15,17H2,(H,26,28). The topological polar surface area (TPSA) is 66.5 Å². The molecule has 7 heteroatoms. The number of carbonyl (C=O) groups excluding carboxylic acids is 1. The fourth-order valence-electron chi connectivity index (χ4n) is 3.94. The monoisotopic (exact) mass is 498 g/mol. The first-order valence-corrected chi connectivity index (χ1v) is 12.4. The zero-order valence-corrected chi connectivity index (χ0v) is 19.3. The third-order valence-electron chi connectivity index (χ3n) is 5.42. The highest BCUT2D eigenvalue weighted by atomic mass is 79.9. The average Bonchev–Trinajstić information content (AvgIpc) is 2.78. The first-order valence-electron chi connectivity index (χ1n) is 10.2. The van der Waals surface area contributed by atoms with Gasteiger partial charge in [-0.2, -0.15) is 0 Å². The molecule has 0 aromatic heterocycles. The lowest BCUT2D eigenvalue weighted by Crippen LogP contribution is -2.42. The minimum Gasteiger partial charge on any atom is -0.348 e. The lowest BCUT2D eigenvalue weighted by Gasteiger charge is -2.28. The van der Waals surface area contributed by atoms with Crippen LogP contribution in [-0.4, -0.2) is 20.9 Å². The van der Waals surface area contributed by atoms with Gasteiger partial charge in [0.05, 0.1) is 16.6 Å². The van der Waals surface area contributed by atoms with Crippen LogP contribution in [0.5, 0.6) is 0 Å². The van der Waals surface area contributed by atoms with Gasteiger partial charge in [0.25, 0.3) is 10.0 Å². The van der Waals surface area contributed by atoms with Crippen LogP contribution < -0.4 is 9.62 Å². The van der Waals surface area contributed by atoms with Crippen molar-refractivity contribution in [2.24, 2.45) is 0 Å². The summed E-state index contributed by atoms with van der Waals surface area (Å²) in [6, 6.07) is 23.1. The number of amides is 1. The van der Waals surface area contributed by atoms with Crippen molar-refractivity contribution >= 4 is 37.5 Å². The van der Waals surface area contributed by atoms with Crippen LogP contribution in [0.2, 0.25) is 0 Å². The summed E-state index contributed by atoms with van der Waals surface area (Å²) >= 11 is 3.40. The number of hydrogen-bond acceptors (Lipinski definition) is 3. The van der Waals surface area contributed by atoms with E-state index in [0.29, 0.717) is 5.69 Å². The van der Waals surface area contributed by atoms with Crippen molar-refractivity contribution in [1.82, 2.24) is 5.32 Å². The number of fused-ring (bicyclic) bond motifs is 1. The van der Waals surface area contributed by atoms with Gasteiger partial charge in [0.2, 0.25) is 5.91 Å². The fraction of sp³-hybridized carbons (Fsp3) is 0.208. The van der Waals surface area contributed by atoms with Crippen molar-refractivity contribution in [3.63, 3.8) is 0 Å². The number of sulfonamides is 1. The first-order chi connectivity index (χ1) is 14.9. The molecule has 3 aromatic carbocycles. The second-order valence-corrected chi connectivity index (χ2v) is 10.3. The van der Waals surface area contributed by atoms with E-state index in [1.54, 1.807) is 36.4 Å². The van der Waals surface area contributed by atoms with Crippen LogP contribution in [0.15, 0.2) is 88.2 Å². The molecule has 0 radical (unpaired) electrons. The van der Waals surface area contributed by atoms with Crippen LogP contribution in [-0.2, 0) is 21.2 Å². The van der Waals surface area contributed by atoms with Gasteiger partial charge in [0.1, 0.15) is 6.54 Å². The molecule has 4 rings (SSSR count). The van der Waals surface area contributed by atoms with Crippen molar-refractivity contribution in [2.75, 3.05) is 10.8 Å². The summed E-state index contributed by atoms with van der Waals surface area (Å²) in [5, 5.41) is 3.06. The molecule has 5 nitrogen and oxygen atoms in total. The summed E-state index contributed by atoms with van der Waals surface area (Å²) in [6.45, 7) is -0.299. The Bertz CT molecular complexity index is 1180. The van der Waals surface area contributed by atoms with Crippen LogP contribution >= 0.6 is 15.9 Å². The second-order valence-electron chi connectivity index (χ2n) is 7.52. The molecule has 0 saturated carbocycles. The van der Waals surface area contributed by atoms with Gasteiger partial charge < -0.3 is 5.32 Å². The molecule has 0 saturated heterocycles. The number of rotatable bonds is 6. The van der Waals surface area contributed by atoms with E-state index >= 15 is 0 Å². The lowest BCUT2D eigenvalue weighted by atomic mass is 9.88. The maximum Gasteiger partial charge on any atom is 0.264 e. The quantitative estimate of drug-likeness (QED) is 0.528. The van der Waals surface area contributed by atoms with Crippen molar-refractivity contribution in [2.45, 2.75) is 30.2 Å². The minimum atomic E-state index is -3.92. The summed E-state index contributed by atoms with van der Waals surface area (Å²) in [5.41, 5.74) is 2.78. The number of anilines is 1. The number of aryl methyl sites for hydroxylation is 1. The molecule has 3 aromatic rings. The SMILES string of the molecule is O=C(CN(c1cccc(Br)c1)S(=O)(=O)c1ccccc1)NC1CCCc2ccccc21. The molecule has 1 aliphatic carbocycles. The Morgan fingerprint density at radius 3 is 2.52 bits per heavy atom. The summed E-state index contributed by atoms with van der Waals surface area (Å²) in [5.74, 6) is -0.332. The number of benzene rings is 3. The molecule has 1 amide bonds. The van der Waals surface area contributed by atoms with E-state index in [0.717, 1.165) is 33.6 Å². The molecule has 0 spiro atoms. The van der Waals surface area contributed by atoms with Crippen molar-refractivity contribution in [1.29, 1.82) is 0 Å². The molecular weight excluding hydrogens is 476 g/mol. The predicted molar refractivity (Wildman–Crippen MR) is 125 cm³/mol. The largest absolute Gasteiger partial charge is 0.348 e. The molecule has 31 heavy (non-hydrogen) atoms. The molecule has 1 unspecified atom stereocenters. The molecule has 0 aliphatic heterocycles. The summed E-state index contributed by atoms with van der Waals surface area (Å²) in [4.78, 5) is 13.2. The van der Waals surface area contributed by atoms with Crippen LogP contribution in [0.3, 0.4) is 0 Å². The molecule has 0 fully saturated rings. The molecule has 1 aliphatic rings. The molecule has 1 atom stereocenters. The Kier molecular flexibility index (Phi) is 6.43. The van der Waals surface area contributed by atoms with Crippen LogP contribution in [0.1, 0.15) is 30.0 Å². The van der Waals surface area contributed by atoms with E-state index < -0.39 is 10.0 Å². The second kappa shape index (κ2) is 9.24. The maximum atomic E-state index is 13.4. The molecule has 0 heterocycles. The first kappa shape index (κ1) is 21.6. The molecule has 1 N–H and O–H groups in total. The van der Waals surface area contributed by atoms with Gasteiger partial charge in [-0.05, 0) is 60.7 Å². The Hall–Kier alpha value is -2.64. The summed E-state index contributed by atoms with van der Waals surface area (Å²) < 4.78 is 28.7. The van der Waals surface area contributed by atoms with E-state index in [-0.39, 0.29) is 23.4 Å². The maximum absolute atomic E-state index is 13.4. The zero-order valence-electron chi connectivity index (χ0n) is 16.9. The normalized spacial score (nSPS) is 15.7. The van der Waals surface area contributed by atoms with E-state index in [1.807, 2.05) is 24.3 Å². The van der Waals surface area contributed by atoms with Gasteiger partial charge in [0, 0.05) is 4.47 Å². The Morgan fingerprint density at radius 1 is 1.00 bits per heavy atom. The average molecular weight is 499 g/mol. The number of hydrogen-bond donors (Lipinski definition) is 1. The highest BCUT2D eigenvalue weighted by Gasteiger charge is 2.29. The van der Waals surface area contributed by atoms with Crippen molar-refractivity contribution in [3.05, 3.63) is 94.5 Å². The van der Waals surface area contributed by atoms with Crippen LogP contribution in [0, 0.1) is 0 Å². The molecule has 160 valence electrons. The van der Waals surface area contributed by atoms with Crippen LogP contribution in [0.4, 0.5) is 5.69 Å². The third-order valence-corrected chi connectivity index (χ3v) is 7.70. The third kappa shape index (κ3) is 4.83. The predicted octanol–water partition coefficient (Wildman–Crippen LogP) is 4.84. The van der Waals surface area contributed by atoms with Gasteiger partial charge in [-0.25, -0.2) is 8.42 Å².